The molecule has 0 amide bonds. The molecular formula is C11H16FNO. The highest BCUT2D eigenvalue weighted by atomic mass is 19.1. The van der Waals surface area contributed by atoms with Crippen LogP contribution in [0.5, 0.6) is 0 Å². The van der Waals surface area contributed by atoms with E-state index in [1.807, 2.05) is 6.07 Å². The molecule has 0 aliphatic heterocycles. The van der Waals surface area contributed by atoms with Crippen LogP contribution in [-0.2, 0) is 6.42 Å². The lowest BCUT2D eigenvalue weighted by molar-refractivity contribution is 0.157. The third kappa shape index (κ3) is 3.85. The number of hydrogen-bond acceptors (Lipinski definition) is 2. The molecule has 2 nitrogen and oxygen atoms in total. The van der Waals surface area contributed by atoms with Crippen LogP contribution in [0.4, 0.5) is 4.39 Å². The number of aliphatic hydroxyl groups excluding tert-OH is 1. The van der Waals surface area contributed by atoms with Gasteiger partial charge in [-0.2, -0.15) is 0 Å². The average Bonchev–Trinajstić information content (AvgIpc) is 2.15. The zero-order valence-corrected chi connectivity index (χ0v) is 8.12. The van der Waals surface area contributed by atoms with Crippen molar-refractivity contribution in [3.8, 4) is 0 Å². The van der Waals surface area contributed by atoms with Crippen LogP contribution in [0.1, 0.15) is 18.4 Å². The van der Waals surface area contributed by atoms with Gasteiger partial charge in [-0.15, -0.1) is 0 Å². The molecule has 0 saturated heterocycles. The Morgan fingerprint density at radius 3 is 2.79 bits per heavy atom. The third-order valence-electron chi connectivity index (χ3n) is 2.16. The van der Waals surface area contributed by atoms with Gasteiger partial charge in [-0.05, 0) is 43.5 Å². The second kappa shape index (κ2) is 5.73. The lowest BCUT2D eigenvalue weighted by Crippen LogP contribution is -2.14. The van der Waals surface area contributed by atoms with Gasteiger partial charge in [0, 0.05) is 0 Å². The van der Waals surface area contributed by atoms with Gasteiger partial charge in [-0.1, -0.05) is 12.1 Å². The Morgan fingerprint density at radius 1 is 1.36 bits per heavy atom. The monoisotopic (exact) mass is 197 g/mol. The molecule has 3 N–H and O–H groups in total. The molecule has 1 rings (SSSR count). The molecule has 78 valence electrons. The Morgan fingerprint density at radius 2 is 2.14 bits per heavy atom. The molecule has 0 radical (unpaired) electrons. The van der Waals surface area contributed by atoms with Crippen LogP contribution in [0.3, 0.4) is 0 Å². The first-order valence-electron chi connectivity index (χ1n) is 4.85. The summed E-state index contributed by atoms with van der Waals surface area (Å²) in [4.78, 5) is 0. The van der Waals surface area contributed by atoms with Gasteiger partial charge in [0.2, 0.25) is 0 Å². The van der Waals surface area contributed by atoms with Crippen LogP contribution in [-0.4, -0.2) is 17.8 Å². The zero-order valence-electron chi connectivity index (χ0n) is 8.12. The summed E-state index contributed by atoms with van der Waals surface area (Å²) in [6.07, 6.45) is 1.57. The van der Waals surface area contributed by atoms with Crippen LogP contribution in [0.2, 0.25) is 0 Å². The van der Waals surface area contributed by atoms with Crippen molar-refractivity contribution in [1.29, 1.82) is 0 Å². The lowest BCUT2D eigenvalue weighted by atomic mass is 10.1. The molecule has 0 spiro atoms. The normalized spacial score (nSPS) is 12.8. The number of aliphatic hydroxyl groups is 1. The number of hydrogen-bond donors (Lipinski definition) is 2. The first kappa shape index (κ1) is 11.1. The van der Waals surface area contributed by atoms with Crippen LogP contribution in [0.25, 0.3) is 0 Å². The van der Waals surface area contributed by atoms with E-state index in [2.05, 4.69) is 0 Å². The van der Waals surface area contributed by atoms with E-state index >= 15 is 0 Å². The Kier molecular flexibility index (Phi) is 4.56. The van der Waals surface area contributed by atoms with Crippen LogP contribution in [0.15, 0.2) is 24.3 Å². The predicted molar refractivity (Wildman–Crippen MR) is 54.4 cm³/mol. The SMILES string of the molecule is NCCC(O)CCc1cccc(F)c1. The van der Waals surface area contributed by atoms with E-state index in [0.29, 0.717) is 25.8 Å². The van der Waals surface area contributed by atoms with Gasteiger partial charge >= 0.3 is 0 Å². The molecule has 0 saturated carbocycles. The molecular weight excluding hydrogens is 181 g/mol. The van der Waals surface area contributed by atoms with E-state index in [0.717, 1.165) is 5.56 Å². The molecule has 0 fully saturated rings. The summed E-state index contributed by atoms with van der Waals surface area (Å²) in [5.74, 6) is -0.226. The number of halogens is 1. The summed E-state index contributed by atoms with van der Waals surface area (Å²) < 4.78 is 12.8. The van der Waals surface area contributed by atoms with E-state index in [1.54, 1.807) is 6.07 Å². The highest BCUT2D eigenvalue weighted by Gasteiger charge is 2.03. The van der Waals surface area contributed by atoms with Gasteiger partial charge in [0.25, 0.3) is 0 Å². The summed E-state index contributed by atoms with van der Waals surface area (Å²) in [6.45, 7) is 0.490. The smallest absolute Gasteiger partial charge is 0.123 e. The third-order valence-corrected chi connectivity index (χ3v) is 2.16. The highest BCUT2D eigenvalue weighted by molar-refractivity contribution is 5.16. The molecule has 1 atom stereocenters. The Balaban J connectivity index is 2.37. The first-order valence-corrected chi connectivity index (χ1v) is 4.85. The Labute approximate surface area is 83.6 Å². The molecule has 0 aliphatic rings. The number of aryl methyl sites for hydroxylation is 1. The van der Waals surface area contributed by atoms with Crippen molar-refractivity contribution in [3.05, 3.63) is 35.6 Å². The highest BCUT2D eigenvalue weighted by Crippen LogP contribution is 2.08. The van der Waals surface area contributed by atoms with Crippen molar-refractivity contribution in [2.45, 2.75) is 25.4 Å². The quantitative estimate of drug-likeness (QED) is 0.750. The van der Waals surface area contributed by atoms with Crippen molar-refractivity contribution >= 4 is 0 Å². The number of nitrogens with two attached hydrogens (primary N) is 1. The molecule has 0 aliphatic carbocycles. The van der Waals surface area contributed by atoms with Crippen LogP contribution in [0, 0.1) is 5.82 Å². The van der Waals surface area contributed by atoms with E-state index in [4.69, 9.17) is 5.73 Å². The van der Waals surface area contributed by atoms with Gasteiger partial charge < -0.3 is 10.8 Å². The minimum Gasteiger partial charge on any atom is -0.393 e. The topological polar surface area (TPSA) is 46.2 Å². The first-order chi connectivity index (χ1) is 6.72. The molecule has 1 aromatic carbocycles. The van der Waals surface area contributed by atoms with Crippen molar-refractivity contribution < 1.29 is 9.50 Å². The molecule has 1 aromatic rings. The fraction of sp³-hybridized carbons (Fsp3) is 0.455. The van der Waals surface area contributed by atoms with E-state index in [-0.39, 0.29) is 11.9 Å². The van der Waals surface area contributed by atoms with Gasteiger partial charge in [-0.3, -0.25) is 0 Å². The van der Waals surface area contributed by atoms with E-state index < -0.39 is 0 Å². The lowest BCUT2D eigenvalue weighted by Gasteiger charge is -2.08. The maximum Gasteiger partial charge on any atom is 0.123 e. The summed E-state index contributed by atoms with van der Waals surface area (Å²) >= 11 is 0. The van der Waals surface area contributed by atoms with Crippen molar-refractivity contribution in [2.75, 3.05) is 6.54 Å². The second-order valence-electron chi connectivity index (χ2n) is 3.40. The maximum atomic E-state index is 12.8. The van der Waals surface area contributed by atoms with Crippen molar-refractivity contribution in [2.24, 2.45) is 5.73 Å². The minimum atomic E-state index is -0.372. The fourth-order valence-electron chi connectivity index (χ4n) is 1.36. The van der Waals surface area contributed by atoms with Gasteiger partial charge in [-0.25, -0.2) is 4.39 Å². The number of benzene rings is 1. The van der Waals surface area contributed by atoms with Gasteiger partial charge in [0.15, 0.2) is 0 Å². The molecule has 0 aromatic heterocycles. The summed E-state index contributed by atoms with van der Waals surface area (Å²) in [5.41, 5.74) is 6.22. The summed E-state index contributed by atoms with van der Waals surface area (Å²) in [6, 6.07) is 6.45. The molecule has 3 heteroatoms. The zero-order chi connectivity index (χ0) is 10.4. The Bertz CT molecular complexity index is 278. The number of rotatable bonds is 5. The van der Waals surface area contributed by atoms with E-state index in [9.17, 15) is 9.50 Å². The predicted octanol–water partition coefficient (Wildman–Crippen LogP) is 1.47. The average molecular weight is 197 g/mol. The summed E-state index contributed by atoms with van der Waals surface area (Å²) in [5, 5.41) is 9.41. The summed E-state index contributed by atoms with van der Waals surface area (Å²) in [7, 11) is 0. The van der Waals surface area contributed by atoms with Crippen molar-refractivity contribution in [1.82, 2.24) is 0 Å². The fourth-order valence-corrected chi connectivity index (χ4v) is 1.36. The van der Waals surface area contributed by atoms with Crippen LogP contribution >= 0.6 is 0 Å². The molecule has 1 unspecified atom stereocenters. The van der Waals surface area contributed by atoms with Gasteiger partial charge in [0.1, 0.15) is 5.82 Å². The van der Waals surface area contributed by atoms with E-state index in [1.165, 1.54) is 12.1 Å². The maximum absolute atomic E-state index is 12.8. The van der Waals surface area contributed by atoms with Crippen LogP contribution < -0.4 is 5.73 Å². The molecule has 0 heterocycles. The Hall–Kier alpha value is -0.930. The van der Waals surface area contributed by atoms with Gasteiger partial charge in [0.05, 0.1) is 6.10 Å². The standard InChI is InChI=1S/C11H16FNO/c12-10-3-1-2-9(8-10)4-5-11(14)6-7-13/h1-3,8,11,14H,4-7,13H2. The second-order valence-corrected chi connectivity index (χ2v) is 3.40. The largest absolute Gasteiger partial charge is 0.393 e. The minimum absolute atomic E-state index is 0.226. The molecule has 0 bridgehead atoms. The van der Waals surface area contributed by atoms with Crippen molar-refractivity contribution in [3.63, 3.8) is 0 Å². The molecule has 14 heavy (non-hydrogen) atoms.